The van der Waals surface area contributed by atoms with Crippen molar-refractivity contribution >= 4 is 12.1 Å². The molecule has 150 valence electrons. The molecule has 0 aromatic rings. The van der Waals surface area contributed by atoms with E-state index in [9.17, 15) is 9.59 Å². The molecule has 0 unspecified atom stereocenters. The second-order valence-electron chi connectivity index (χ2n) is 8.03. The minimum absolute atomic E-state index is 0.0681. The van der Waals surface area contributed by atoms with E-state index in [-0.39, 0.29) is 24.2 Å². The average Bonchev–Trinajstić information content (AvgIpc) is 2.56. The molecular formula is C18H34N4O4. The number of hydrogen-bond donors (Lipinski definition) is 1. The van der Waals surface area contributed by atoms with Gasteiger partial charge >= 0.3 is 12.1 Å². The van der Waals surface area contributed by atoms with Gasteiger partial charge in [0.05, 0.1) is 25.3 Å². The summed E-state index contributed by atoms with van der Waals surface area (Å²) in [4.78, 5) is 30.7. The Kier molecular flexibility index (Phi) is 7.11. The lowest BCUT2D eigenvalue weighted by atomic mass is 10.1. The number of carbonyl (C=O) groups excluding carboxylic acids is 2. The molecule has 0 aromatic carbocycles. The van der Waals surface area contributed by atoms with Crippen molar-refractivity contribution in [3.05, 3.63) is 0 Å². The number of ether oxygens (including phenoxy) is 2. The molecule has 0 radical (unpaired) electrons. The quantitative estimate of drug-likeness (QED) is 0.812. The van der Waals surface area contributed by atoms with Gasteiger partial charge in [0.15, 0.2) is 0 Å². The molecule has 0 aliphatic carbocycles. The lowest BCUT2D eigenvalue weighted by Gasteiger charge is -2.44. The van der Waals surface area contributed by atoms with Crippen molar-refractivity contribution in [3.63, 3.8) is 0 Å². The minimum atomic E-state index is -0.520. The Morgan fingerprint density at radius 2 is 1.62 bits per heavy atom. The summed E-state index contributed by atoms with van der Waals surface area (Å²) in [6, 6.07) is -0.232. The van der Waals surface area contributed by atoms with Crippen LogP contribution in [0.1, 0.15) is 34.6 Å². The second-order valence-corrected chi connectivity index (χ2v) is 8.03. The lowest BCUT2D eigenvalue weighted by Crippen LogP contribution is -2.62. The average molecular weight is 370 g/mol. The van der Waals surface area contributed by atoms with Crippen LogP contribution in [0.2, 0.25) is 0 Å². The number of urea groups is 1. The Labute approximate surface area is 156 Å². The number of morpholine rings is 1. The molecule has 2 aliphatic heterocycles. The maximum atomic E-state index is 12.5. The number of nitrogens with zero attached hydrogens (tertiary/aromatic N) is 3. The third kappa shape index (κ3) is 5.74. The minimum Gasteiger partial charge on any atom is -0.444 e. The van der Waals surface area contributed by atoms with Crippen LogP contribution in [-0.4, -0.2) is 97.0 Å². The Balaban J connectivity index is 1.80. The number of rotatable bonds is 3. The van der Waals surface area contributed by atoms with Crippen LogP contribution in [0.25, 0.3) is 0 Å². The zero-order valence-electron chi connectivity index (χ0n) is 16.8. The molecule has 26 heavy (non-hydrogen) atoms. The van der Waals surface area contributed by atoms with Crippen LogP contribution in [-0.2, 0) is 9.47 Å². The van der Waals surface area contributed by atoms with E-state index in [2.05, 4.69) is 10.2 Å². The Morgan fingerprint density at radius 3 is 2.23 bits per heavy atom. The van der Waals surface area contributed by atoms with Crippen molar-refractivity contribution < 1.29 is 19.1 Å². The maximum Gasteiger partial charge on any atom is 0.410 e. The SMILES string of the molecule is C[C@@H]1[C@H](C)N(C(=O)OC(C)(C)C)CCN1C(=O)NCCN1CCOCC1. The van der Waals surface area contributed by atoms with Gasteiger partial charge in [-0.3, -0.25) is 4.90 Å². The van der Waals surface area contributed by atoms with Gasteiger partial charge in [0.1, 0.15) is 5.60 Å². The number of amides is 3. The van der Waals surface area contributed by atoms with Crippen LogP contribution in [0, 0.1) is 0 Å². The van der Waals surface area contributed by atoms with E-state index in [1.807, 2.05) is 39.5 Å². The normalized spacial score (nSPS) is 25.1. The first-order valence-corrected chi connectivity index (χ1v) is 9.53. The third-order valence-corrected chi connectivity index (χ3v) is 4.96. The molecule has 2 heterocycles. The number of carbonyl (C=O) groups is 2. The van der Waals surface area contributed by atoms with Crippen molar-refractivity contribution in [1.82, 2.24) is 20.0 Å². The molecule has 2 atom stereocenters. The summed E-state index contributed by atoms with van der Waals surface area (Å²) >= 11 is 0. The zero-order chi connectivity index (χ0) is 19.3. The van der Waals surface area contributed by atoms with Crippen molar-refractivity contribution in [1.29, 1.82) is 0 Å². The molecule has 2 fully saturated rings. The maximum absolute atomic E-state index is 12.5. The number of nitrogens with one attached hydrogen (secondary N) is 1. The van der Waals surface area contributed by atoms with Gasteiger partial charge in [0.2, 0.25) is 0 Å². The van der Waals surface area contributed by atoms with E-state index in [1.165, 1.54) is 0 Å². The smallest absolute Gasteiger partial charge is 0.410 e. The second kappa shape index (κ2) is 8.90. The van der Waals surface area contributed by atoms with Crippen molar-refractivity contribution in [3.8, 4) is 0 Å². The van der Waals surface area contributed by atoms with Crippen molar-refractivity contribution in [2.45, 2.75) is 52.3 Å². The fraction of sp³-hybridized carbons (Fsp3) is 0.889. The fourth-order valence-corrected chi connectivity index (χ4v) is 3.26. The number of hydrogen-bond acceptors (Lipinski definition) is 5. The summed E-state index contributed by atoms with van der Waals surface area (Å²) in [5.74, 6) is 0. The first kappa shape index (κ1) is 20.8. The fourth-order valence-electron chi connectivity index (χ4n) is 3.26. The summed E-state index contributed by atoms with van der Waals surface area (Å²) < 4.78 is 10.8. The van der Waals surface area contributed by atoms with E-state index in [0.29, 0.717) is 19.6 Å². The lowest BCUT2D eigenvalue weighted by molar-refractivity contribution is -0.00556. The van der Waals surface area contributed by atoms with Crippen LogP contribution in [0.15, 0.2) is 0 Å². The predicted octanol–water partition coefficient (Wildman–Crippen LogP) is 1.36. The van der Waals surface area contributed by atoms with Crippen LogP contribution in [0.3, 0.4) is 0 Å². The summed E-state index contributed by atoms with van der Waals surface area (Å²) in [7, 11) is 0. The van der Waals surface area contributed by atoms with Crippen LogP contribution in [0.4, 0.5) is 9.59 Å². The molecule has 2 aliphatic rings. The van der Waals surface area contributed by atoms with E-state index >= 15 is 0 Å². The highest BCUT2D eigenvalue weighted by molar-refractivity contribution is 5.75. The Hall–Kier alpha value is -1.54. The summed E-state index contributed by atoms with van der Waals surface area (Å²) in [5, 5.41) is 3.00. The van der Waals surface area contributed by atoms with Gasteiger partial charge in [-0.05, 0) is 34.6 Å². The highest BCUT2D eigenvalue weighted by Crippen LogP contribution is 2.20. The molecule has 2 rings (SSSR count). The van der Waals surface area contributed by atoms with Crippen LogP contribution >= 0.6 is 0 Å². The first-order chi connectivity index (χ1) is 12.2. The molecule has 8 heteroatoms. The monoisotopic (exact) mass is 370 g/mol. The molecule has 0 aromatic heterocycles. The van der Waals surface area contributed by atoms with Gasteiger partial charge in [-0.15, -0.1) is 0 Å². The largest absolute Gasteiger partial charge is 0.444 e. The van der Waals surface area contributed by atoms with E-state index in [4.69, 9.17) is 9.47 Å². The van der Waals surface area contributed by atoms with Gasteiger partial charge in [0.25, 0.3) is 0 Å². The summed E-state index contributed by atoms with van der Waals surface area (Å²) in [6.45, 7) is 15.3. The van der Waals surface area contributed by atoms with Gasteiger partial charge in [-0.1, -0.05) is 0 Å². The molecular weight excluding hydrogens is 336 g/mol. The Bertz CT molecular complexity index is 488. The van der Waals surface area contributed by atoms with Crippen LogP contribution in [0.5, 0.6) is 0 Å². The Morgan fingerprint density at radius 1 is 1.04 bits per heavy atom. The topological polar surface area (TPSA) is 74.4 Å². The van der Waals surface area contributed by atoms with Gasteiger partial charge in [-0.25, -0.2) is 9.59 Å². The molecule has 0 spiro atoms. The standard InChI is InChI=1S/C18H34N4O4/c1-14-15(2)22(17(24)26-18(3,4)5)9-8-21(14)16(23)19-6-7-20-10-12-25-13-11-20/h14-15H,6-13H2,1-5H3,(H,19,23)/t14-,15+/m1/s1. The summed E-state index contributed by atoms with van der Waals surface area (Å²) in [5.41, 5.74) is -0.520. The van der Waals surface area contributed by atoms with Gasteiger partial charge in [-0.2, -0.15) is 0 Å². The molecule has 8 nitrogen and oxygen atoms in total. The highest BCUT2D eigenvalue weighted by Gasteiger charge is 2.37. The molecule has 1 N–H and O–H groups in total. The van der Waals surface area contributed by atoms with E-state index < -0.39 is 5.60 Å². The van der Waals surface area contributed by atoms with E-state index in [1.54, 1.807) is 4.90 Å². The molecule has 0 saturated carbocycles. The predicted molar refractivity (Wildman–Crippen MR) is 99.2 cm³/mol. The van der Waals surface area contributed by atoms with Crippen molar-refractivity contribution in [2.75, 3.05) is 52.5 Å². The zero-order valence-corrected chi connectivity index (χ0v) is 16.8. The first-order valence-electron chi connectivity index (χ1n) is 9.53. The highest BCUT2D eigenvalue weighted by atomic mass is 16.6. The van der Waals surface area contributed by atoms with Gasteiger partial charge in [0, 0.05) is 39.3 Å². The molecule has 0 bridgehead atoms. The third-order valence-electron chi connectivity index (χ3n) is 4.96. The van der Waals surface area contributed by atoms with E-state index in [0.717, 1.165) is 32.8 Å². The number of piperazine rings is 1. The van der Waals surface area contributed by atoms with Crippen molar-refractivity contribution in [2.24, 2.45) is 0 Å². The molecule has 3 amide bonds. The van der Waals surface area contributed by atoms with Gasteiger partial charge < -0.3 is 24.6 Å². The molecule has 2 saturated heterocycles. The van der Waals surface area contributed by atoms with Crippen LogP contribution < -0.4 is 5.32 Å². The summed E-state index contributed by atoms with van der Waals surface area (Å²) in [6.07, 6.45) is -0.316.